The van der Waals surface area contributed by atoms with Crippen molar-refractivity contribution in [2.24, 2.45) is 0 Å². The molecule has 0 aliphatic carbocycles. The zero-order valence-corrected chi connectivity index (χ0v) is 15.3. The summed E-state index contributed by atoms with van der Waals surface area (Å²) in [6, 6.07) is 9.68. The summed E-state index contributed by atoms with van der Waals surface area (Å²) in [4.78, 5) is 14.8. The minimum absolute atomic E-state index is 0.202. The first-order valence-electron chi connectivity index (χ1n) is 8.80. The Kier molecular flexibility index (Phi) is 6.30. The van der Waals surface area contributed by atoms with Crippen LogP contribution in [-0.2, 0) is 0 Å². The Bertz CT molecular complexity index is 669. The molecule has 25 heavy (non-hydrogen) atoms. The second-order valence-electron chi connectivity index (χ2n) is 6.08. The smallest absolute Gasteiger partial charge is 0.319 e. The molecule has 0 radical (unpaired) electrons. The standard InChI is InChI=1S/C19H25N3O2S/c1-2-24-18-8-4-3-7-16(18)21-19(23)20-13-17(15-9-12-25-14-15)22-10-5-6-11-22/h3-4,7-9,12,14,17H,2,5-6,10-11,13H2,1H3,(H2,20,21,23)/t17-/m0/s1. The Balaban J connectivity index is 1.60. The van der Waals surface area contributed by atoms with E-state index < -0.39 is 0 Å². The van der Waals surface area contributed by atoms with Gasteiger partial charge in [0.25, 0.3) is 0 Å². The number of likely N-dealkylation sites (tertiary alicyclic amines) is 1. The number of amides is 2. The molecule has 0 bridgehead atoms. The van der Waals surface area contributed by atoms with Gasteiger partial charge in [-0.05, 0) is 67.4 Å². The van der Waals surface area contributed by atoms with Crippen molar-refractivity contribution in [3.63, 3.8) is 0 Å². The van der Waals surface area contributed by atoms with Crippen LogP contribution >= 0.6 is 11.3 Å². The fourth-order valence-corrected chi connectivity index (χ4v) is 3.89. The van der Waals surface area contributed by atoms with Crippen LogP contribution in [-0.4, -0.2) is 37.2 Å². The van der Waals surface area contributed by atoms with Crippen LogP contribution in [0.25, 0.3) is 0 Å². The van der Waals surface area contributed by atoms with Crippen molar-refractivity contribution in [2.45, 2.75) is 25.8 Å². The Hall–Kier alpha value is -2.05. The molecule has 1 aromatic carbocycles. The van der Waals surface area contributed by atoms with Crippen molar-refractivity contribution < 1.29 is 9.53 Å². The molecule has 1 aliphatic heterocycles. The van der Waals surface area contributed by atoms with Gasteiger partial charge in [-0.1, -0.05) is 12.1 Å². The van der Waals surface area contributed by atoms with E-state index in [1.54, 1.807) is 11.3 Å². The molecule has 0 spiro atoms. The lowest BCUT2D eigenvalue weighted by Gasteiger charge is -2.27. The van der Waals surface area contributed by atoms with Gasteiger partial charge in [0, 0.05) is 6.54 Å². The van der Waals surface area contributed by atoms with E-state index in [9.17, 15) is 4.79 Å². The van der Waals surface area contributed by atoms with E-state index >= 15 is 0 Å². The number of nitrogens with zero attached hydrogens (tertiary/aromatic N) is 1. The normalized spacial score (nSPS) is 15.7. The Morgan fingerprint density at radius 2 is 2.08 bits per heavy atom. The number of hydrogen-bond donors (Lipinski definition) is 2. The molecule has 6 heteroatoms. The summed E-state index contributed by atoms with van der Waals surface area (Å²) in [7, 11) is 0. The number of hydrogen-bond acceptors (Lipinski definition) is 4. The van der Waals surface area contributed by atoms with Crippen LogP contribution in [0, 0.1) is 0 Å². The number of benzene rings is 1. The van der Waals surface area contributed by atoms with E-state index in [2.05, 4.69) is 32.4 Å². The van der Waals surface area contributed by atoms with Crippen LogP contribution in [0.4, 0.5) is 10.5 Å². The first-order chi connectivity index (χ1) is 12.3. The minimum Gasteiger partial charge on any atom is -0.492 e. The van der Waals surface area contributed by atoms with E-state index in [1.165, 1.54) is 18.4 Å². The number of nitrogens with one attached hydrogen (secondary N) is 2. The topological polar surface area (TPSA) is 53.6 Å². The SMILES string of the molecule is CCOc1ccccc1NC(=O)NC[C@@H](c1ccsc1)N1CCCC1. The molecule has 1 atom stereocenters. The minimum atomic E-state index is -0.202. The molecular formula is C19H25N3O2S. The molecule has 134 valence electrons. The third kappa shape index (κ3) is 4.74. The third-order valence-electron chi connectivity index (χ3n) is 4.40. The zero-order valence-electron chi connectivity index (χ0n) is 14.5. The molecule has 1 aromatic heterocycles. The maximum atomic E-state index is 12.4. The Labute approximate surface area is 153 Å². The van der Waals surface area contributed by atoms with Gasteiger partial charge in [-0.25, -0.2) is 4.79 Å². The lowest BCUT2D eigenvalue weighted by Crippen LogP contribution is -2.38. The van der Waals surface area contributed by atoms with E-state index in [4.69, 9.17) is 4.74 Å². The molecular weight excluding hydrogens is 334 g/mol. The number of anilines is 1. The van der Waals surface area contributed by atoms with Gasteiger partial charge in [-0.2, -0.15) is 11.3 Å². The molecule has 1 saturated heterocycles. The highest BCUT2D eigenvalue weighted by molar-refractivity contribution is 7.07. The number of urea groups is 1. The van der Waals surface area contributed by atoms with Crippen LogP contribution in [0.5, 0.6) is 5.75 Å². The molecule has 2 heterocycles. The highest BCUT2D eigenvalue weighted by Gasteiger charge is 2.24. The molecule has 2 aromatic rings. The molecule has 5 nitrogen and oxygen atoms in total. The summed E-state index contributed by atoms with van der Waals surface area (Å²) in [6.45, 7) is 5.28. The fourth-order valence-electron chi connectivity index (χ4n) is 3.18. The molecule has 1 fully saturated rings. The van der Waals surface area contributed by atoms with Crippen molar-refractivity contribution in [3.05, 3.63) is 46.7 Å². The van der Waals surface area contributed by atoms with Crippen LogP contribution < -0.4 is 15.4 Å². The number of carbonyl (C=O) groups is 1. The van der Waals surface area contributed by atoms with Crippen LogP contribution in [0.2, 0.25) is 0 Å². The average molecular weight is 359 g/mol. The average Bonchev–Trinajstić information content (AvgIpc) is 3.31. The monoisotopic (exact) mass is 359 g/mol. The molecule has 1 aliphatic rings. The van der Waals surface area contributed by atoms with E-state index in [0.717, 1.165) is 13.1 Å². The van der Waals surface area contributed by atoms with Crippen molar-refractivity contribution in [1.29, 1.82) is 0 Å². The third-order valence-corrected chi connectivity index (χ3v) is 5.10. The Morgan fingerprint density at radius 3 is 2.80 bits per heavy atom. The predicted molar refractivity (Wildman–Crippen MR) is 102 cm³/mol. The van der Waals surface area contributed by atoms with Gasteiger partial charge in [-0.15, -0.1) is 0 Å². The lowest BCUT2D eigenvalue weighted by atomic mass is 10.1. The van der Waals surface area contributed by atoms with Crippen molar-refractivity contribution in [1.82, 2.24) is 10.2 Å². The largest absolute Gasteiger partial charge is 0.492 e. The molecule has 3 rings (SSSR count). The summed E-state index contributed by atoms with van der Waals surface area (Å²) < 4.78 is 5.55. The highest BCUT2D eigenvalue weighted by atomic mass is 32.1. The molecule has 0 saturated carbocycles. The summed E-state index contributed by atoms with van der Waals surface area (Å²) in [6.07, 6.45) is 2.46. The van der Waals surface area contributed by atoms with Crippen molar-refractivity contribution >= 4 is 23.1 Å². The lowest BCUT2D eigenvalue weighted by molar-refractivity contribution is 0.228. The summed E-state index contributed by atoms with van der Waals surface area (Å²) in [5, 5.41) is 10.2. The maximum Gasteiger partial charge on any atom is 0.319 e. The summed E-state index contributed by atoms with van der Waals surface area (Å²) in [5.74, 6) is 0.689. The van der Waals surface area contributed by atoms with E-state index in [1.807, 2.05) is 31.2 Å². The van der Waals surface area contributed by atoms with Gasteiger partial charge in [-0.3, -0.25) is 4.90 Å². The fraction of sp³-hybridized carbons (Fsp3) is 0.421. The van der Waals surface area contributed by atoms with Gasteiger partial charge in [0.15, 0.2) is 0 Å². The van der Waals surface area contributed by atoms with E-state index in [0.29, 0.717) is 24.6 Å². The Morgan fingerprint density at radius 1 is 1.28 bits per heavy atom. The summed E-state index contributed by atoms with van der Waals surface area (Å²) >= 11 is 1.70. The number of rotatable bonds is 7. The van der Waals surface area contributed by atoms with Crippen molar-refractivity contribution in [2.75, 3.05) is 31.6 Å². The maximum absolute atomic E-state index is 12.4. The highest BCUT2D eigenvalue weighted by Crippen LogP contribution is 2.27. The number of carbonyl (C=O) groups excluding carboxylic acids is 1. The van der Waals surface area contributed by atoms with E-state index in [-0.39, 0.29) is 12.1 Å². The van der Waals surface area contributed by atoms with Crippen LogP contribution in [0.1, 0.15) is 31.4 Å². The molecule has 2 amide bonds. The van der Waals surface area contributed by atoms with Gasteiger partial charge < -0.3 is 15.4 Å². The van der Waals surface area contributed by atoms with Gasteiger partial charge in [0.2, 0.25) is 0 Å². The number of thiophene rings is 1. The first-order valence-corrected chi connectivity index (χ1v) is 9.75. The number of ether oxygens (including phenoxy) is 1. The second kappa shape index (κ2) is 8.87. The number of para-hydroxylation sites is 2. The zero-order chi connectivity index (χ0) is 17.5. The quantitative estimate of drug-likeness (QED) is 0.782. The van der Waals surface area contributed by atoms with Crippen LogP contribution in [0.15, 0.2) is 41.1 Å². The molecule has 0 unspecified atom stereocenters. The van der Waals surface area contributed by atoms with Gasteiger partial charge in [0.1, 0.15) is 5.75 Å². The van der Waals surface area contributed by atoms with Gasteiger partial charge >= 0.3 is 6.03 Å². The van der Waals surface area contributed by atoms with Crippen molar-refractivity contribution in [3.8, 4) is 5.75 Å². The molecule has 2 N–H and O–H groups in total. The first kappa shape index (κ1) is 17.8. The summed E-state index contributed by atoms with van der Waals surface area (Å²) in [5.41, 5.74) is 1.97. The van der Waals surface area contributed by atoms with Crippen LogP contribution in [0.3, 0.4) is 0 Å². The predicted octanol–water partition coefficient (Wildman–Crippen LogP) is 4.11. The van der Waals surface area contributed by atoms with Gasteiger partial charge in [0.05, 0.1) is 18.3 Å². The second-order valence-corrected chi connectivity index (χ2v) is 6.86.